The van der Waals surface area contributed by atoms with Gasteiger partial charge in [0.05, 0.1) is 13.2 Å². The average molecular weight is 211 g/mol. The van der Waals surface area contributed by atoms with Gasteiger partial charge in [0, 0.05) is 11.9 Å². The maximum absolute atomic E-state index is 12.0. The van der Waals surface area contributed by atoms with Crippen molar-refractivity contribution in [2.45, 2.75) is 26.3 Å². The summed E-state index contributed by atoms with van der Waals surface area (Å²) >= 11 is 0. The molecule has 3 nitrogen and oxygen atoms in total. The van der Waals surface area contributed by atoms with Crippen LogP contribution in [0, 0.1) is 6.92 Å². The molecular formula is C11H18FN3. The molecule has 0 saturated heterocycles. The van der Waals surface area contributed by atoms with E-state index in [9.17, 15) is 4.39 Å². The van der Waals surface area contributed by atoms with Crippen molar-refractivity contribution in [2.24, 2.45) is 0 Å². The highest BCUT2D eigenvalue weighted by molar-refractivity contribution is 5.16. The SMILES string of the molecule is Cc1nc(CN(C)C)ncc1CCCF. The van der Waals surface area contributed by atoms with Crippen molar-refractivity contribution < 1.29 is 4.39 Å². The number of alkyl halides is 1. The largest absolute Gasteiger partial charge is 0.302 e. The molecule has 1 aromatic heterocycles. The highest BCUT2D eigenvalue weighted by Gasteiger charge is 2.04. The van der Waals surface area contributed by atoms with Crippen LogP contribution in [-0.4, -0.2) is 35.6 Å². The minimum Gasteiger partial charge on any atom is -0.302 e. The Labute approximate surface area is 90.4 Å². The molecule has 0 aliphatic rings. The van der Waals surface area contributed by atoms with Crippen LogP contribution in [-0.2, 0) is 13.0 Å². The van der Waals surface area contributed by atoms with Gasteiger partial charge in [-0.3, -0.25) is 4.39 Å². The Morgan fingerprint density at radius 1 is 1.40 bits per heavy atom. The summed E-state index contributed by atoms with van der Waals surface area (Å²) in [5.41, 5.74) is 2.02. The molecule has 0 bridgehead atoms. The maximum Gasteiger partial charge on any atom is 0.142 e. The highest BCUT2D eigenvalue weighted by atomic mass is 19.1. The first-order chi connectivity index (χ1) is 7.13. The monoisotopic (exact) mass is 211 g/mol. The van der Waals surface area contributed by atoms with Gasteiger partial charge in [0.25, 0.3) is 0 Å². The first-order valence-corrected chi connectivity index (χ1v) is 5.15. The molecule has 0 aliphatic carbocycles. The molecule has 0 radical (unpaired) electrons. The summed E-state index contributed by atoms with van der Waals surface area (Å²) in [5.74, 6) is 0.821. The summed E-state index contributed by atoms with van der Waals surface area (Å²) in [4.78, 5) is 10.7. The Balaban J connectivity index is 2.69. The molecule has 0 saturated carbocycles. The van der Waals surface area contributed by atoms with E-state index < -0.39 is 0 Å². The maximum atomic E-state index is 12.0. The molecule has 0 N–H and O–H groups in total. The van der Waals surface area contributed by atoms with Gasteiger partial charge in [0.15, 0.2) is 0 Å². The van der Waals surface area contributed by atoms with Crippen molar-refractivity contribution in [1.29, 1.82) is 0 Å². The molecular weight excluding hydrogens is 193 g/mol. The van der Waals surface area contributed by atoms with E-state index in [-0.39, 0.29) is 6.67 Å². The third-order valence-electron chi connectivity index (χ3n) is 2.17. The second kappa shape index (κ2) is 5.75. The zero-order valence-corrected chi connectivity index (χ0v) is 9.63. The molecule has 0 fully saturated rings. The van der Waals surface area contributed by atoms with Crippen LogP contribution in [0.1, 0.15) is 23.5 Å². The normalized spacial score (nSPS) is 11.0. The summed E-state index contributed by atoms with van der Waals surface area (Å²) in [7, 11) is 3.96. The lowest BCUT2D eigenvalue weighted by molar-refractivity contribution is 0.389. The summed E-state index contributed by atoms with van der Waals surface area (Å²) in [5, 5.41) is 0. The third-order valence-corrected chi connectivity index (χ3v) is 2.17. The molecule has 0 atom stereocenters. The lowest BCUT2D eigenvalue weighted by Crippen LogP contribution is -2.14. The van der Waals surface area contributed by atoms with E-state index in [0.29, 0.717) is 6.42 Å². The fourth-order valence-corrected chi connectivity index (χ4v) is 1.40. The van der Waals surface area contributed by atoms with Crippen molar-refractivity contribution in [3.05, 3.63) is 23.3 Å². The summed E-state index contributed by atoms with van der Waals surface area (Å²) in [6, 6.07) is 0. The van der Waals surface area contributed by atoms with E-state index in [1.54, 1.807) is 0 Å². The minimum atomic E-state index is -0.279. The molecule has 1 heterocycles. The lowest BCUT2D eigenvalue weighted by Gasteiger charge is -2.10. The van der Waals surface area contributed by atoms with Crippen LogP contribution >= 0.6 is 0 Å². The lowest BCUT2D eigenvalue weighted by atomic mass is 10.1. The van der Waals surface area contributed by atoms with Gasteiger partial charge in [-0.15, -0.1) is 0 Å². The molecule has 1 rings (SSSR count). The van der Waals surface area contributed by atoms with Crippen LogP contribution in [0.4, 0.5) is 4.39 Å². The van der Waals surface area contributed by atoms with Crippen molar-refractivity contribution in [2.75, 3.05) is 20.8 Å². The van der Waals surface area contributed by atoms with Crippen LogP contribution in [0.2, 0.25) is 0 Å². The predicted molar refractivity (Wildman–Crippen MR) is 58.5 cm³/mol. The van der Waals surface area contributed by atoms with Gasteiger partial charge in [-0.25, -0.2) is 9.97 Å². The zero-order valence-electron chi connectivity index (χ0n) is 9.63. The Kier molecular flexibility index (Phi) is 4.62. The molecule has 84 valence electrons. The van der Waals surface area contributed by atoms with Gasteiger partial charge in [-0.1, -0.05) is 0 Å². The Morgan fingerprint density at radius 2 is 2.13 bits per heavy atom. The second-order valence-electron chi connectivity index (χ2n) is 3.93. The second-order valence-corrected chi connectivity index (χ2v) is 3.93. The summed E-state index contributed by atoms with van der Waals surface area (Å²) in [6.45, 7) is 2.41. The van der Waals surface area contributed by atoms with Gasteiger partial charge < -0.3 is 4.90 Å². The topological polar surface area (TPSA) is 29.0 Å². The van der Waals surface area contributed by atoms with Gasteiger partial charge in [0.2, 0.25) is 0 Å². The van der Waals surface area contributed by atoms with Crippen LogP contribution in [0.15, 0.2) is 6.20 Å². The Morgan fingerprint density at radius 3 is 2.67 bits per heavy atom. The van der Waals surface area contributed by atoms with Crippen molar-refractivity contribution >= 4 is 0 Å². The number of halogens is 1. The van der Waals surface area contributed by atoms with Crippen molar-refractivity contribution in [3.8, 4) is 0 Å². The fraction of sp³-hybridized carbons (Fsp3) is 0.636. The first kappa shape index (κ1) is 12.0. The van der Waals surface area contributed by atoms with Gasteiger partial charge >= 0.3 is 0 Å². The van der Waals surface area contributed by atoms with Crippen LogP contribution in [0.3, 0.4) is 0 Å². The molecule has 0 unspecified atom stereocenters. The van der Waals surface area contributed by atoms with Gasteiger partial charge in [-0.05, 0) is 39.4 Å². The number of nitrogens with zero attached hydrogens (tertiary/aromatic N) is 3. The highest BCUT2D eigenvalue weighted by Crippen LogP contribution is 2.07. The summed E-state index contributed by atoms with van der Waals surface area (Å²) in [6.07, 6.45) is 3.10. The van der Waals surface area contributed by atoms with Gasteiger partial charge in [0.1, 0.15) is 5.82 Å². The van der Waals surface area contributed by atoms with Crippen molar-refractivity contribution in [3.63, 3.8) is 0 Å². The molecule has 1 aromatic rings. The molecule has 0 aliphatic heterocycles. The molecule has 0 aromatic carbocycles. The van der Waals surface area contributed by atoms with Crippen molar-refractivity contribution in [1.82, 2.24) is 14.9 Å². The van der Waals surface area contributed by atoms with E-state index in [1.165, 1.54) is 0 Å². The molecule has 15 heavy (non-hydrogen) atoms. The summed E-state index contributed by atoms with van der Waals surface area (Å²) < 4.78 is 12.0. The van der Waals surface area contributed by atoms with E-state index >= 15 is 0 Å². The standard InChI is InChI=1S/C11H18FN3/c1-9-10(5-4-6-12)7-13-11(14-9)8-15(2)3/h7H,4-6,8H2,1-3H3. The number of hydrogen-bond donors (Lipinski definition) is 0. The van der Waals surface area contributed by atoms with Crippen LogP contribution in [0.5, 0.6) is 0 Å². The number of hydrogen-bond acceptors (Lipinski definition) is 3. The Bertz CT molecular complexity index is 313. The zero-order chi connectivity index (χ0) is 11.3. The fourth-order valence-electron chi connectivity index (χ4n) is 1.40. The number of aromatic nitrogens is 2. The van der Waals surface area contributed by atoms with Gasteiger partial charge in [-0.2, -0.15) is 0 Å². The quantitative estimate of drug-likeness (QED) is 0.743. The number of aryl methyl sites for hydroxylation is 2. The smallest absolute Gasteiger partial charge is 0.142 e. The first-order valence-electron chi connectivity index (χ1n) is 5.15. The van der Waals surface area contributed by atoms with E-state index in [1.807, 2.05) is 32.1 Å². The Hall–Kier alpha value is -1.03. The van der Waals surface area contributed by atoms with E-state index in [2.05, 4.69) is 9.97 Å². The third kappa shape index (κ3) is 3.91. The average Bonchev–Trinajstić information content (AvgIpc) is 2.15. The van der Waals surface area contributed by atoms with Crippen LogP contribution in [0.25, 0.3) is 0 Å². The number of rotatable bonds is 5. The van der Waals surface area contributed by atoms with Crippen LogP contribution < -0.4 is 0 Å². The minimum absolute atomic E-state index is 0.279. The molecule has 0 amide bonds. The van der Waals surface area contributed by atoms with E-state index in [4.69, 9.17) is 0 Å². The van der Waals surface area contributed by atoms with E-state index in [0.717, 1.165) is 30.0 Å². The molecule has 4 heteroatoms. The predicted octanol–water partition coefficient (Wildman–Crippen LogP) is 1.75. The molecule has 0 spiro atoms.